The number of nitrogens with two attached hydrogens (primary N) is 1. The molecule has 0 saturated heterocycles. The number of hydrogen-bond donors (Lipinski definition) is 1. The average Bonchev–Trinajstić information content (AvgIpc) is 2.85. The predicted molar refractivity (Wildman–Crippen MR) is 77.6 cm³/mol. The fourth-order valence-corrected chi connectivity index (χ4v) is 2.30. The van der Waals surface area contributed by atoms with E-state index in [1.54, 1.807) is 0 Å². The lowest BCUT2D eigenvalue weighted by Gasteiger charge is -2.20. The molecule has 1 aromatic carbocycles. The van der Waals surface area contributed by atoms with Gasteiger partial charge in [-0.3, -0.25) is 0 Å². The Morgan fingerprint density at radius 2 is 2.11 bits per heavy atom. The standard InChI is InChI=1S/C14H17N3S/c1-2-14-16-8-9-17(14)12(10-13(15)18)11-6-4-3-5-7-11/h3-9,12H,2,10H2,1H3,(H2,15,18). The minimum absolute atomic E-state index is 0.140. The molecular formula is C14H17N3S. The predicted octanol–water partition coefficient (Wildman–Crippen LogP) is 2.71. The normalized spacial score (nSPS) is 12.3. The molecule has 0 aliphatic carbocycles. The maximum Gasteiger partial charge on any atom is 0.108 e. The quantitative estimate of drug-likeness (QED) is 0.840. The van der Waals surface area contributed by atoms with E-state index in [-0.39, 0.29) is 6.04 Å². The van der Waals surface area contributed by atoms with Gasteiger partial charge in [-0.25, -0.2) is 4.98 Å². The Morgan fingerprint density at radius 1 is 1.39 bits per heavy atom. The van der Waals surface area contributed by atoms with E-state index in [1.165, 1.54) is 5.56 Å². The highest BCUT2D eigenvalue weighted by Crippen LogP contribution is 2.23. The van der Waals surface area contributed by atoms with Crippen LogP contribution in [0.2, 0.25) is 0 Å². The van der Waals surface area contributed by atoms with Gasteiger partial charge in [0.25, 0.3) is 0 Å². The fraction of sp³-hybridized carbons (Fsp3) is 0.286. The Morgan fingerprint density at radius 3 is 2.72 bits per heavy atom. The number of imidazole rings is 1. The summed E-state index contributed by atoms with van der Waals surface area (Å²) in [5.41, 5.74) is 6.93. The first-order valence-corrected chi connectivity index (χ1v) is 6.48. The van der Waals surface area contributed by atoms with Crippen molar-refractivity contribution in [2.24, 2.45) is 5.73 Å². The number of aryl methyl sites for hydroxylation is 1. The van der Waals surface area contributed by atoms with Gasteiger partial charge in [-0.1, -0.05) is 49.5 Å². The summed E-state index contributed by atoms with van der Waals surface area (Å²) in [5, 5.41) is 0. The molecule has 94 valence electrons. The van der Waals surface area contributed by atoms with Crippen LogP contribution in [0, 0.1) is 0 Å². The molecule has 4 heteroatoms. The zero-order valence-electron chi connectivity index (χ0n) is 10.4. The summed E-state index contributed by atoms with van der Waals surface area (Å²) in [6.07, 6.45) is 5.37. The Balaban J connectivity index is 2.40. The molecule has 0 aliphatic heterocycles. The molecule has 0 saturated carbocycles. The molecule has 0 fully saturated rings. The zero-order chi connectivity index (χ0) is 13.0. The molecule has 0 spiro atoms. The summed E-state index contributed by atoms with van der Waals surface area (Å²) < 4.78 is 2.16. The number of benzene rings is 1. The second kappa shape index (κ2) is 5.78. The molecule has 3 nitrogen and oxygen atoms in total. The Bertz CT molecular complexity index is 519. The number of nitrogens with zero attached hydrogens (tertiary/aromatic N) is 2. The first kappa shape index (κ1) is 12.8. The number of hydrogen-bond acceptors (Lipinski definition) is 2. The monoisotopic (exact) mass is 259 g/mol. The number of rotatable bonds is 5. The third kappa shape index (κ3) is 2.76. The van der Waals surface area contributed by atoms with Gasteiger partial charge < -0.3 is 10.3 Å². The van der Waals surface area contributed by atoms with Crippen LogP contribution in [-0.4, -0.2) is 14.5 Å². The maximum atomic E-state index is 5.73. The van der Waals surface area contributed by atoms with Gasteiger partial charge in [0, 0.05) is 25.2 Å². The smallest absolute Gasteiger partial charge is 0.108 e. The van der Waals surface area contributed by atoms with Crippen molar-refractivity contribution >= 4 is 17.2 Å². The van der Waals surface area contributed by atoms with E-state index < -0.39 is 0 Å². The van der Waals surface area contributed by atoms with Crippen LogP contribution >= 0.6 is 12.2 Å². The molecule has 0 bridgehead atoms. The van der Waals surface area contributed by atoms with E-state index >= 15 is 0 Å². The van der Waals surface area contributed by atoms with Crippen LogP contribution in [0.1, 0.15) is 30.8 Å². The molecule has 1 atom stereocenters. The van der Waals surface area contributed by atoms with Gasteiger partial charge in [-0.05, 0) is 5.56 Å². The first-order chi connectivity index (χ1) is 8.72. The summed E-state index contributed by atoms with van der Waals surface area (Å²) in [7, 11) is 0. The van der Waals surface area contributed by atoms with Crippen molar-refractivity contribution in [1.82, 2.24) is 9.55 Å². The van der Waals surface area contributed by atoms with Crippen LogP contribution in [-0.2, 0) is 6.42 Å². The van der Waals surface area contributed by atoms with E-state index in [1.807, 2.05) is 30.6 Å². The zero-order valence-corrected chi connectivity index (χ0v) is 11.2. The summed E-state index contributed by atoms with van der Waals surface area (Å²) in [6, 6.07) is 10.4. The van der Waals surface area contributed by atoms with E-state index in [9.17, 15) is 0 Å². The lowest BCUT2D eigenvalue weighted by Crippen LogP contribution is -2.20. The molecule has 2 N–H and O–H groups in total. The number of aromatic nitrogens is 2. The lowest BCUT2D eigenvalue weighted by atomic mass is 10.0. The van der Waals surface area contributed by atoms with Gasteiger partial charge in [-0.2, -0.15) is 0 Å². The second-order valence-corrected chi connectivity index (χ2v) is 4.73. The topological polar surface area (TPSA) is 43.8 Å². The van der Waals surface area contributed by atoms with Crippen molar-refractivity contribution in [3.63, 3.8) is 0 Å². The van der Waals surface area contributed by atoms with Crippen LogP contribution in [0.5, 0.6) is 0 Å². The van der Waals surface area contributed by atoms with Crippen molar-refractivity contribution < 1.29 is 0 Å². The van der Waals surface area contributed by atoms with E-state index in [0.29, 0.717) is 11.4 Å². The van der Waals surface area contributed by atoms with Crippen LogP contribution in [0.4, 0.5) is 0 Å². The Labute approximate surface area is 113 Å². The molecule has 2 aromatic rings. The molecule has 0 amide bonds. The highest BCUT2D eigenvalue weighted by molar-refractivity contribution is 7.80. The van der Waals surface area contributed by atoms with Gasteiger partial charge in [0.2, 0.25) is 0 Å². The summed E-state index contributed by atoms with van der Waals surface area (Å²) in [6.45, 7) is 2.10. The molecular weight excluding hydrogens is 242 g/mol. The van der Waals surface area contributed by atoms with Gasteiger partial charge in [0.05, 0.1) is 11.0 Å². The molecule has 1 aromatic heterocycles. The van der Waals surface area contributed by atoms with Crippen LogP contribution in [0.25, 0.3) is 0 Å². The molecule has 2 rings (SSSR count). The highest BCUT2D eigenvalue weighted by Gasteiger charge is 2.16. The largest absolute Gasteiger partial charge is 0.393 e. The van der Waals surface area contributed by atoms with E-state index in [2.05, 4.69) is 28.6 Å². The molecule has 0 radical (unpaired) electrons. The van der Waals surface area contributed by atoms with Crippen molar-refractivity contribution in [2.45, 2.75) is 25.8 Å². The minimum Gasteiger partial charge on any atom is -0.393 e. The third-order valence-corrected chi connectivity index (χ3v) is 3.15. The molecule has 1 unspecified atom stereocenters. The minimum atomic E-state index is 0.140. The Kier molecular flexibility index (Phi) is 4.10. The molecule has 0 aliphatic rings. The van der Waals surface area contributed by atoms with E-state index in [4.69, 9.17) is 18.0 Å². The Hall–Kier alpha value is -1.68. The highest BCUT2D eigenvalue weighted by atomic mass is 32.1. The van der Waals surface area contributed by atoms with Crippen LogP contribution in [0.15, 0.2) is 42.7 Å². The van der Waals surface area contributed by atoms with Crippen molar-refractivity contribution in [1.29, 1.82) is 0 Å². The van der Waals surface area contributed by atoms with E-state index in [0.717, 1.165) is 12.2 Å². The summed E-state index contributed by atoms with van der Waals surface area (Å²) >= 11 is 5.07. The van der Waals surface area contributed by atoms with Gasteiger partial charge in [0.1, 0.15) is 5.82 Å². The van der Waals surface area contributed by atoms with Gasteiger partial charge in [0.15, 0.2) is 0 Å². The average molecular weight is 259 g/mol. The molecule has 18 heavy (non-hydrogen) atoms. The van der Waals surface area contributed by atoms with Crippen molar-refractivity contribution in [3.8, 4) is 0 Å². The maximum absolute atomic E-state index is 5.73. The SMILES string of the molecule is CCc1nccn1C(CC(N)=S)c1ccccc1. The van der Waals surface area contributed by atoms with Crippen LogP contribution in [0.3, 0.4) is 0 Å². The van der Waals surface area contributed by atoms with Crippen molar-refractivity contribution in [2.75, 3.05) is 0 Å². The second-order valence-electron chi connectivity index (χ2n) is 4.20. The van der Waals surface area contributed by atoms with Crippen molar-refractivity contribution in [3.05, 3.63) is 54.1 Å². The van der Waals surface area contributed by atoms with Gasteiger partial charge >= 0.3 is 0 Å². The van der Waals surface area contributed by atoms with Gasteiger partial charge in [-0.15, -0.1) is 0 Å². The lowest BCUT2D eigenvalue weighted by molar-refractivity contribution is 0.578. The summed E-state index contributed by atoms with van der Waals surface area (Å²) in [5.74, 6) is 1.06. The van der Waals surface area contributed by atoms with Crippen LogP contribution < -0.4 is 5.73 Å². The number of thiocarbonyl (C=S) groups is 1. The molecule has 1 heterocycles. The fourth-order valence-electron chi connectivity index (χ4n) is 2.14. The summed E-state index contributed by atoms with van der Waals surface area (Å²) in [4.78, 5) is 4.89. The third-order valence-electron chi connectivity index (χ3n) is 2.98. The first-order valence-electron chi connectivity index (χ1n) is 6.07.